The van der Waals surface area contributed by atoms with E-state index in [2.05, 4.69) is 17.2 Å². The molecule has 0 aliphatic heterocycles. The summed E-state index contributed by atoms with van der Waals surface area (Å²) in [6.45, 7) is 2.76. The number of aryl methyl sites for hydroxylation is 1. The molecule has 10 heteroatoms. The van der Waals surface area contributed by atoms with Crippen molar-refractivity contribution in [1.29, 1.82) is 0 Å². The summed E-state index contributed by atoms with van der Waals surface area (Å²) in [7, 11) is -3.85. The summed E-state index contributed by atoms with van der Waals surface area (Å²) in [5, 5.41) is 8.72. The van der Waals surface area contributed by atoms with Crippen LogP contribution in [0.5, 0.6) is 0 Å². The molecule has 186 valence electrons. The van der Waals surface area contributed by atoms with Gasteiger partial charge in [-0.1, -0.05) is 67.6 Å². The van der Waals surface area contributed by atoms with E-state index in [1.54, 1.807) is 54.6 Å². The minimum absolute atomic E-state index is 0.0101. The molecule has 0 spiro atoms. The molecule has 0 atom stereocenters. The average molecular weight is 523 g/mol. The van der Waals surface area contributed by atoms with Crippen LogP contribution in [0, 0.1) is 0 Å². The Morgan fingerprint density at radius 2 is 1.75 bits per heavy atom. The van der Waals surface area contributed by atoms with Crippen molar-refractivity contribution in [1.82, 2.24) is 9.55 Å². The number of aromatic nitrogens is 2. The second kappa shape index (κ2) is 11.1. The van der Waals surface area contributed by atoms with Gasteiger partial charge in [0.1, 0.15) is 0 Å². The molecule has 4 aromatic rings. The highest BCUT2D eigenvalue weighted by atomic mass is 32.2. The van der Waals surface area contributed by atoms with Gasteiger partial charge in [-0.15, -0.1) is 0 Å². The van der Waals surface area contributed by atoms with E-state index in [0.29, 0.717) is 34.0 Å². The third kappa shape index (κ3) is 5.84. The van der Waals surface area contributed by atoms with Gasteiger partial charge in [0.05, 0.1) is 27.4 Å². The summed E-state index contributed by atoms with van der Waals surface area (Å²) in [5.41, 5.74) is 2.66. The highest BCUT2D eigenvalue weighted by Crippen LogP contribution is 2.27. The number of benzene rings is 3. The number of imidazole rings is 1. The number of carbonyl (C=O) groups is 2. The fourth-order valence-corrected chi connectivity index (χ4v) is 5.13. The first-order valence-corrected chi connectivity index (χ1v) is 14.0. The monoisotopic (exact) mass is 522 g/mol. The van der Waals surface area contributed by atoms with Gasteiger partial charge in [-0.2, -0.15) is 0 Å². The Labute approximate surface area is 214 Å². The summed E-state index contributed by atoms with van der Waals surface area (Å²) in [5.74, 6) is -0.399. The van der Waals surface area contributed by atoms with E-state index in [-0.39, 0.29) is 22.3 Å². The third-order valence-electron chi connectivity index (χ3n) is 5.56. The molecule has 0 saturated heterocycles. The maximum Gasteiger partial charge on any atom is 0.238 e. The van der Waals surface area contributed by atoms with Crippen molar-refractivity contribution < 1.29 is 18.0 Å². The average Bonchev–Trinajstić information content (AvgIpc) is 3.22. The molecule has 1 heterocycles. The van der Waals surface area contributed by atoms with Gasteiger partial charge in [-0.3, -0.25) is 9.59 Å². The first kappa shape index (κ1) is 25.6. The Morgan fingerprint density at radius 3 is 2.47 bits per heavy atom. The number of primary sulfonamides is 1. The van der Waals surface area contributed by atoms with Crippen LogP contribution in [0.2, 0.25) is 0 Å². The lowest BCUT2D eigenvalue weighted by Crippen LogP contribution is -2.17. The standard InChI is InChI=1S/C26H26N4O4S2/c1-2-3-15-30-23-14-13-19(36(27,33)34)16-22(23)29-26(30)35-17-24(31)28-21-12-8-7-11-20(21)25(32)18-9-5-4-6-10-18/h4-14,16H,2-3,15,17H2,1H3,(H,28,31)(H2,27,33,34). The highest BCUT2D eigenvalue weighted by Gasteiger charge is 2.18. The van der Waals surface area contributed by atoms with Gasteiger partial charge >= 0.3 is 0 Å². The fourth-order valence-electron chi connectivity index (χ4n) is 3.76. The highest BCUT2D eigenvalue weighted by molar-refractivity contribution is 7.99. The fraction of sp³-hybridized carbons (Fsp3) is 0.192. The molecule has 0 fully saturated rings. The van der Waals surface area contributed by atoms with Crippen molar-refractivity contribution in [3.63, 3.8) is 0 Å². The van der Waals surface area contributed by atoms with Crippen LogP contribution in [0.25, 0.3) is 11.0 Å². The molecule has 0 bridgehead atoms. The number of nitrogens with two attached hydrogens (primary N) is 1. The number of fused-ring (bicyclic) bond motifs is 1. The number of nitrogens with one attached hydrogen (secondary N) is 1. The zero-order chi connectivity index (χ0) is 25.7. The van der Waals surface area contributed by atoms with Crippen LogP contribution in [0.3, 0.4) is 0 Å². The maximum absolute atomic E-state index is 12.9. The molecule has 3 aromatic carbocycles. The Balaban J connectivity index is 1.53. The van der Waals surface area contributed by atoms with E-state index < -0.39 is 10.0 Å². The minimum Gasteiger partial charge on any atom is -0.325 e. The van der Waals surface area contributed by atoms with Crippen molar-refractivity contribution in [2.24, 2.45) is 5.14 Å². The van der Waals surface area contributed by atoms with Gasteiger partial charge in [-0.25, -0.2) is 18.5 Å². The van der Waals surface area contributed by atoms with Crippen LogP contribution in [0.1, 0.15) is 35.7 Å². The molecule has 0 aliphatic carbocycles. The molecule has 1 amide bonds. The van der Waals surface area contributed by atoms with Crippen LogP contribution in [0.4, 0.5) is 5.69 Å². The van der Waals surface area contributed by atoms with E-state index in [0.717, 1.165) is 18.4 Å². The number of hydrogen-bond donors (Lipinski definition) is 2. The predicted molar refractivity (Wildman–Crippen MR) is 142 cm³/mol. The number of thioether (sulfide) groups is 1. The number of anilines is 1. The summed E-state index contributed by atoms with van der Waals surface area (Å²) >= 11 is 1.25. The van der Waals surface area contributed by atoms with Crippen molar-refractivity contribution in [3.05, 3.63) is 83.9 Å². The zero-order valence-electron chi connectivity index (χ0n) is 19.7. The minimum atomic E-state index is -3.85. The van der Waals surface area contributed by atoms with E-state index in [1.165, 1.54) is 23.9 Å². The lowest BCUT2D eigenvalue weighted by molar-refractivity contribution is -0.113. The van der Waals surface area contributed by atoms with E-state index in [4.69, 9.17) is 5.14 Å². The Hall–Kier alpha value is -3.47. The molecule has 36 heavy (non-hydrogen) atoms. The lowest BCUT2D eigenvalue weighted by atomic mass is 10.0. The number of rotatable bonds is 10. The lowest BCUT2D eigenvalue weighted by Gasteiger charge is -2.11. The molecule has 3 N–H and O–H groups in total. The van der Waals surface area contributed by atoms with Crippen molar-refractivity contribution >= 4 is 50.2 Å². The number of carbonyl (C=O) groups excluding carboxylic acids is 2. The third-order valence-corrected chi connectivity index (χ3v) is 7.45. The summed E-state index contributed by atoms with van der Waals surface area (Å²) < 4.78 is 25.5. The molecule has 0 unspecified atom stereocenters. The molecular formula is C26H26N4O4S2. The van der Waals surface area contributed by atoms with Crippen molar-refractivity contribution in [3.8, 4) is 0 Å². The topological polar surface area (TPSA) is 124 Å². The first-order valence-electron chi connectivity index (χ1n) is 11.4. The SMILES string of the molecule is CCCCn1c(SCC(=O)Nc2ccccc2C(=O)c2ccccc2)nc2cc(S(N)(=O)=O)ccc21. The normalized spacial score (nSPS) is 11.5. The van der Waals surface area contributed by atoms with E-state index in [1.807, 2.05) is 10.6 Å². The maximum atomic E-state index is 12.9. The van der Waals surface area contributed by atoms with Crippen molar-refractivity contribution in [2.45, 2.75) is 36.4 Å². The number of ketones is 1. The van der Waals surface area contributed by atoms with Gasteiger partial charge in [-0.05, 0) is 36.8 Å². The number of unbranched alkanes of at least 4 members (excludes halogenated alkanes) is 1. The molecular weight excluding hydrogens is 496 g/mol. The summed E-state index contributed by atoms with van der Waals surface area (Å²) in [6, 6.07) is 20.4. The Bertz CT molecular complexity index is 1520. The van der Waals surface area contributed by atoms with Crippen LogP contribution in [0.15, 0.2) is 82.8 Å². The van der Waals surface area contributed by atoms with Gasteiger partial charge in [0, 0.05) is 17.7 Å². The Kier molecular flexibility index (Phi) is 7.88. The van der Waals surface area contributed by atoms with Gasteiger partial charge in [0.2, 0.25) is 15.9 Å². The van der Waals surface area contributed by atoms with Gasteiger partial charge < -0.3 is 9.88 Å². The second-order valence-electron chi connectivity index (χ2n) is 8.17. The Morgan fingerprint density at radius 1 is 1.03 bits per heavy atom. The van der Waals surface area contributed by atoms with Crippen LogP contribution in [-0.4, -0.2) is 35.4 Å². The number of hydrogen-bond acceptors (Lipinski definition) is 6. The predicted octanol–water partition coefficient (Wildman–Crippen LogP) is 4.45. The van der Waals surface area contributed by atoms with Crippen LogP contribution >= 0.6 is 11.8 Å². The summed E-state index contributed by atoms with van der Waals surface area (Å²) in [6.07, 6.45) is 1.86. The summed E-state index contributed by atoms with van der Waals surface area (Å²) in [4.78, 5) is 30.4. The van der Waals surface area contributed by atoms with Gasteiger partial charge in [0.25, 0.3) is 0 Å². The molecule has 0 aliphatic rings. The molecule has 4 rings (SSSR count). The number of nitrogens with zero attached hydrogens (tertiary/aromatic N) is 2. The quantitative estimate of drug-likeness (QED) is 0.234. The van der Waals surface area contributed by atoms with Gasteiger partial charge in [0.15, 0.2) is 10.9 Å². The number of amides is 1. The number of sulfonamides is 1. The number of para-hydroxylation sites is 1. The second-order valence-corrected chi connectivity index (χ2v) is 10.7. The zero-order valence-corrected chi connectivity index (χ0v) is 21.3. The smallest absolute Gasteiger partial charge is 0.238 e. The first-order chi connectivity index (χ1) is 17.3. The molecule has 1 aromatic heterocycles. The molecule has 0 radical (unpaired) electrons. The van der Waals surface area contributed by atoms with Crippen molar-refractivity contribution in [2.75, 3.05) is 11.1 Å². The van der Waals surface area contributed by atoms with Crippen LogP contribution in [-0.2, 0) is 21.4 Å². The van der Waals surface area contributed by atoms with E-state index >= 15 is 0 Å². The van der Waals surface area contributed by atoms with Crippen LogP contribution < -0.4 is 10.5 Å². The molecule has 0 saturated carbocycles. The molecule has 8 nitrogen and oxygen atoms in total. The largest absolute Gasteiger partial charge is 0.325 e. The van der Waals surface area contributed by atoms with E-state index in [9.17, 15) is 18.0 Å².